The Kier molecular flexibility index (Phi) is 6.12. The lowest BCUT2D eigenvalue weighted by Crippen LogP contribution is -2.26. The van der Waals surface area contributed by atoms with Crippen LogP contribution in [0.1, 0.15) is 32.4 Å². The van der Waals surface area contributed by atoms with Crippen LogP contribution in [0.25, 0.3) is 0 Å². The third-order valence-corrected chi connectivity index (χ3v) is 2.21. The van der Waals surface area contributed by atoms with Crippen LogP contribution in [0.5, 0.6) is 0 Å². The highest BCUT2D eigenvalue weighted by Gasteiger charge is 2.01. The molecular formula is C12H21NO2. The Hall–Kier alpha value is -0.800. The number of ether oxygens (including phenoxy) is 1. The summed E-state index contributed by atoms with van der Waals surface area (Å²) in [5.74, 6) is 0.968. The second-order valence-corrected chi connectivity index (χ2v) is 3.75. The minimum absolute atomic E-state index is 0.270. The number of rotatable bonds is 8. The van der Waals surface area contributed by atoms with Gasteiger partial charge in [-0.05, 0) is 25.5 Å². The molecule has 1 aromatic heterocycles. The molecule has 1 atom stereocenters. The summed E-state index contributed by atoms with van der Waals surface area (Å²) in [6.45, 7) is 6.76. The summed E-state index contributed by atoms with van der Waals surface area (Å²) in [4.78, 5) is 0. The van der Waals surface area contributed by atoms with Crippen LogP contribution < -0.4 is 5.32 Å². The molecule has 0 radical (unpaired) electrons. The van der Waals surface area contributed by atoms with Gasteiger partial charge in [0.1, 0.15) is 5.76 Å². The molecule has 0 aromatic carbocycles. The van der Waals surface area contributed by atoms with E-state index in [0.29, 0.717) is 0 Å². The minimum Gasteiger partial charge on any atom is -0.468 e. The average molecular weight is 211 g/mol. The highest BCUT2D eigenvalue weighted by Crippen LogP contribution is 1.99. The molecule has 1 aromatic rings. The molecule has 3 nitrogen and oxygen atoms in total. The third-order valence-electron chi connectivity index (χ3n) is 2.21. The normalized spacial score (nSPS) is 12.9. The van der Waals surface area contributed by atoms with E-state index >= 15 is 0 Å². The van der Waals surface area contributed by atoms with Crippen molar-refractivity contribution in [3.8, 4) is 0 Å². The largest absolute Gasteiger partial charge is 0.468 e. The Labute approximate surface area is 91.8 Å². The number of hydrogen-bond acceptors (Lipinski definition) is 3. The van der Waals surface area contributed by atoms with E-state index in [2.05, 4.69) is 19.2 Å². The highest BCUT2D eigenvalue weighted by molar-refractivity contribution is 4.97. The van der Waals surface area contributed by atoms with Crippen molar-refractivity contribution in [3.63, 3.8) is 0 Å². The summed E-state index contributed by atoms with van der Waals surface area (Å²) in [7, 11) is 0. The van der Waals surface area contributed by atoms with Gasteiger partial charge in [-0.25, -0.2) is 0 Å². The quantitative estimate of drug-likeness (QED) is 0.671. The molecule has 3 heteroatoms. The van der Waals surface area contributed by atoms with E-state index in [1.807, 2.05) is 12.1 Å². The lowest BCUT2D eigenvalue weighted by atomic mass is 10.3. The summed E-state index contributed by atoms with van der Waals surface area (Å²) in [6, 6.07) is 3.87. The zero-order valence-electron chi connectivity index (χ0n) is 9.66. The molecule has 0 aliphatic heterocycles. The molecule has 1 N–H and O–H groups in total. The Morgan fingerprint density at radius 2 is 2.40 bits per heavy atom. The van der Waals surface area contributed by atoms with Gasteiger partial charge < -0.3 is 14.5 Å². The molecule has 0 spiro atoms. The van der Waals surface area contributed by atoms with Crippen LogP contribution in [0.15, 0.2) is 22.8 Å². The van der Waals surface area contributed by atoms with Crippen molar-refractivity contribution in [1.82, 2.24) is 5.32 Å². The van der Waals surface area contributed by atoms with E-state index in [9.17, 15) is 0 Å². The van der Waals surface area contributed by atoms with E-state index in [-0.39, 0.29) is 6.10 Å². The predicted molar refractivity (Wildman–Crippen MR) is 60.7 cm³/mol. The van der Waals surface area contributed by atoms with E-state index < -0.39 is 0 Å². The molecule has 0 saturated carbocycles. The van der Waals surface area contributed by atoms with Crippen molar-refractivity contribution in [2.45, 2.75) is 39.3 Å². The van der Waals surface area contributed by atoms with Crippen molar-refractivity contribution in [3.05, 3.63) is 24.2 Å². The van der Waals surface area contributed by atoms with Gasteiger partial charge in [0.15, 0.2) is 0 Å². The molecule has 0 amide bonds. The van der Waals surface area contributed by atoms with Gasteiger partial charge in [-0.1, -0.05) is 13.3 Å². The van der Waals surface area contributed by atoms with Crippen molar-refractivity contribution >= 4 is 0 Å². The lowest BCUT2D eigenvalue weighted by Gasteiger charge is -2.12. The Morgan fingerprint density at radius 3 is 3.07 bits per heavy atom. The van der Waals surface area contributed by atoms with E-state index in [4.69, 9.17) is 9.15 Å². The molecular weight excluding hydrogens is 190 g/mol. The number of hydrogen-bond donors (Lipinski definition) is 1. The molecule has 0 saturated heterocycles. The fraction of sp³-hybridized carbons (Fsp3) is 0.667. The van der Waals surface area contributed by atoms with Gasteiger partial charge in [-0.3, -0.25) is 0 Å². The summed E-state index contributed by atoms with van der Waals surface area (Å²) in [5.41, 5.74) is 0. The molecule has 0 aliphatic carbocycles. The van der Waals surface area contributed by atoms with Crippen LogP contribution in [-0.2, 0) is 11.3 Å². The van der Waals surface area contributed by atoms with Crippen LogP contribution in [0.4, 0.5) is 0 Å². The Morgan fingerprint density at radius 1 is 1.53 bits per heavy atom. The van der Waals surface area contributed by atoms with Crippen molar-refractivity contribution in [1.29, 1.82) is 0 Å². The molecule has 15 heavy (non-hydrogen) atoms. The second-order valence-electron chi connectivity index (χ2n) is 3.75. The zero-order valence-corrected chi connectivity index (χ0v) is 9.66. The van der Waals surface area contributed by atoms with E-state index in [0.717, 1.165) is 31.9 Å². The Bertz CT molecular complexity index is 234. The monoisotopic (exact) mass is 211 g/mol. The number of furan rings is 1. The standard InChI is InChI=1S/C12H21NO2/c1-3-4-7-14-11(2)9-13-10-12-6-5-8-15-12/h5-6,8,11,13H,3-4,7,9-10H2,1-2H3. The van der Waals surface area contributed by atoms with Gasteiger partial charge in [-0.15, -0.1) is 0 Å². The maximum Gasteiger partial charge on any atom is 0.117 e. The fourth-order valence-corrected chi connectivity index (χ4v) is 1.30. The van der Waals surface area contributed by atoms with Gasteiger partial charge in [0.05, 0.1) is 18.9 Å². The maximum absolute atomic E-state index is 5.61. The van der Waals surface area contributed by atoms with Gasteiger partial charge in [0, 0.05) is 13.2 Å². The predicted octanol–water partition coefficient (Wildman–Crippen LogP) is 2.57. The molecule has 0 bridgehead atoms. The molecule has 0 aliphatic rings. The Balaban J connectivity index is 1.99. The average Bonchev–Trinajstić information content (AvgIpc) is 2.71. The third kappa shape index (κ3) is 5.60. The summed E-state index contributed by atoms with van der Waals surface area (Å²) in [6.07, 6.45) is 4.29. The van der Waals surface area contributed by atoms with Gasteiger partial charge in [0.2, 0.25) is 0 Å². The maximum atomic E-state index is 5.61. The van der Waals surface area contributed by atoms with Gasteiger partial charge in [0.25, 0.3) is 0 Å². The lowest BCUT2D eigenvalue weighted by molar-refractivity contribution is 0.0634. The second kappa shape index (κ2) is 7.49. The summed E-state index contributed by atoms with van der Waals surface area (Å²) < 4.78 is 10.8. The zero-order chi connectivity index (χ0) is 10.9. The van der Waals surface area contributed by atoms with E-state index in [1.165, 1.54) is 6.42 Å². The van der Waals surface area contributed by atoms with Crippen molar-refractivity contribution < 1.29 is 9.15 Å². The molecule has 1 rings (SSSR count). The van der Waals surface area contributed by atoms with Crippen LogP contribution >= 0.6 is 0 Å². The first kappa shape index (κ1) is 12.3. The summed E-state index contributed by atoms with van der Waals surface area (Å²) >= 11 is 0. The highest BCUT2D eigenvalue weighted by atomic mass is 16.5. The molecule has 86 valence electrons. The van der Waals surface area contributed by atoms with E-state index in [1.54, 1.807) is 6.26 Å². The van der Waals surface area contributed by atoms with Crippen LogP contribution in [-0.4, -0.2) is 19.3 Å². The smallest absolute Gasteiger partial charge is 0.117 e. The molecule has 1 heterocycles. The topological polar surface area (TPSA) is 34.4 Å². The molecule has 0 fully saturated rings. The van der Waals surface area contributed by atoms with Gasteiger partial charge >= 0.3 is 0 Å². The minimum atomic E-state index is 0.270. The van der Waals surface area contributed by atoms with Crippen molar-refractivity contribution in [2.24, 2.45) is 0 Å². The van der Waals surface area contributed by atoms with Crippen molar-refractivity contribution in [2.75, 3.05) is 13.2 Å². The number of unbranched alkanes of at least 4 members (excludes halogenated alkanes) is 1. The number of nitrogens with one attached hydrogen (secondary N) is 1. The molecule has 1 unspecified atom stereocenters. The van der Waals surface area contributed by atoms with Gasteiger partial charge in [-0.2, -0.15) is 0 Å². The van der Waals surface area contributed by atoms with Crippen LogP contribution in [0, 0.1) is 0 Å². The first-order valence-corrected chi connectivity index (χ1v) is 5.67. The first-order valence-electron chi connectivity index (χ1n) is 5.67. The fourth-order valence-electron chi connectivity index (χ4n) is 1.30. The summed E-state index contributed by atoms with van der Waals surface area (Å²) in [5, 5.41) is 3.30. The van der Waals surface area contributed by atoms with Crippen LogP contribution in [0.2, 0.25) is 0 Å². The first-order chi connectivity index (χ1) is 7.33. The van der Waals surface area contributed by atoms with Crippen LogP contribution in [0.3, 0.4) is 0 Å². The SMILES string of the molecule is CCCCOC(C)CNCc1ccco1.